The average molecular weight is 319 g/mol. The van der Waals surface area contributed by atoms with E-state index in [1.54, 1.807) is 0 Å². The summed E-state index contributed by atoms with van der Waals surface area (Å²) >= 11 is 0. The summed E-state index contributed by atoms with van der Waals surface area (Å²) in [5.74, 6) is -1.79. The molecule has 0 radical (unpaired) electrons. The number of hydrogen-bond donors (Lipinski definition) is 2. The SMILES string of the molecule is O=C(NCCN1CCNCC1)c1cc(F)cc(C(F)(F)F)c1. The summed E-state index contributed by atoms with van der Waals surface area (Å²) < 4.78 is 51.0. The second-order valence-electron chi connectivity index (χ2n) is 5.07. The molecule has 8 heteroatoms. The zero-order valence-corrected chi connectivity index (χ0v) is 11.8. The topological polar surface area (TPSA) is 44.4 Å². The number of nitrogens with one attached hydrogen (secondary N) is 2. The molecule has 22 heavy (non-hydrogen) atoms. The molecule has 1 aromatic rings. The summed E-state index contributed by atoms with van der Waals surface area (Å²) in [6, 6.07) is 1.83. The van der Waals surface area contributed by atoms with Gasteiger partial charge in [0, 0.05) is 44.8 Å². The maximum absolute atomic E-state index is 13.2. The first kappa shape index (κ1) is 16.7. The summed E-state index contributed by atoms with van der Waals surface area (Å²) in [6.07, 6.45) is -4.68. The van der Waals surface area contributed by atoms with Crippen LogP contribution < -0.4 is 10.6 Å². The summed E-state index contributed by atoms with van der Waals surface area (Å²) in [5.41, 5.74) is -1.49. The molecule has 0 aromatic heterocycles. The Morgan fingerprint density at radius 3 is 2.55 bits per heavy atom. The molecule has 2 N–H and O–H groups in total. The summed E-state index contributed by atoms with van der Waals surface area (Å²) in [4.78, 5) is 14.0. The molecule has 2 rings (SSSR count). The first-order valence-electron chi connectivity index (χ1n) is 6.95. The molecule has 1 heterocycles. The second kappa shape index (κ2) is 7.06. The summed E-state index contributed by atoms with van der Waals surface area (Å²) in [5, 5.41) is 5.71. The first-order chi connectivity index (χ1) is 10.4. The van der Waals surface area contributed by atoms with Crippen LogP contribution in [0.3, 0.4) is 0 Å². The molecule has 0 saturated carbocycles. The molecule has 1 amide bonds. The van der Waals surface area contributed by atoms with Crippen molar-refractivity contribution in [3.8, 4) is 0 Å². The Morgan fingerprint density at radius 2 is 1.91 bits per heavy atom. The van der Waals surface area contributed by atoms with Crippen molar-refractivity contribution in [3.63, 3.8) is 0 Å². The van der Waals surface area contributed by atoms with Crippen LogP contribution in [0.2, 0.25) is 0 Å². The minimum Gasteiger partial charge on any atom is -0.351 e. The molecule has 1 fully saturated rings. The Kier molecular flexibility index (Phi) is 5.36. The van der Waals surface area contributed by atoms with Crippen LogP contribution in [0, 0.1) is 5.82 Å². The van der Waals surface area contributed by atoms with Gasteiger partial charge in [-0.1, -0.05) is 0 Å². The molecule has 0 spiro atoms. The van der Waals surface area contributed by atoms with Crippen LogP contribution in [-0.2, 0) is 6.18 Å². The van der Waals surface area contributed by atoms with Crippen molar-refractivity contribution in [1.29, 1.82) is 0 Å². The quantitative estimate of drug-likeness (QED) is 0.826. The third-order valence-corrected chi connectivity index (χ3v) is 3.41. The zero-order chi connectivity index (χ0) is 16.2. The first-order valence-corrected chi connectivity index (χ1v) is 6.95. The van der Waals surface area contributed by atoms with Crippen LogP contribution in [0.5, 0.6) is 0 Å². The van der Waals surface area contributed by atoms with Gasteiger partial charge in [-0.2, -0.15) is 13.2 Å². The second-order valence-corrected chi connectivity index (χ2v) is 5.07. The fraction of sp³-hybridized carbons (Fsp3) is 0.500. The molecule has 1 aromatic carbocycles. The van der Waals surface area contributed by atoms with E-state index in [0.29, 0.717) is 25.2 Å². The van der Waals surface area contributed by atoms with E-state index in [4.69, 9.17) is 0 Å². The van der Waals surface area contributed by atoms with E-state index < -0.39 is 23.5 Å². The Morgan fingerprint density at radius 1 is 1.23 bits per heavy atom. The van der Waals surface area contributed by atoms with E-state index in [1.807, 2.05) is 0 Å². The van der Waals surface area contributed by atoms with Gasteiger partial charge in [-0.15, -0.1) is 0 Å². The molecule has 0 bridgehead atoms. The van der Waals surface area contributed by atoms with Crippen LogP contribution in [0.25, 0.3) is 0 Å². The highest BCUT2D eigenvalue weighted by atomic mass is 19.4. The number of carbonyl (C=O) groups is 1. The van der Waals surface area contributed by atoms with Crippen molar-refractivity contribution in [2.45, 2.75) is 6.18 Å². The van der Waals surface area contributed by atoms with Gasteiger partial charge in [0.15, 0.2) is 0 Å². The van der Waals surface area contributed by atoms with Crippen LogP contribution in [0.1, 0.15) is 15.9 Å². The molecule has 4 nitrogen and oxygen atoms in total. The Hall–Kier alpha value is -1.67. The predicted molar refractivity (Wildman–Crippen MR) is 73.0 cm³/mol. The normalized spacial score (nSPS) is 16.5. The monoisotopic (exact) mass is 319 g/mol. The Labute approximate surface area is 125 Å². The van der Waals surface area contributed by atoms with Gasteiger partial charge in [0.2, 0.25) is 0 Å². The number of alkyl halides is 3. The fourth-order valence-electron chi connectivity index (χ4n) is 2.25. The van der Waals surface area contributed by atoms with E-state index in [9.17, 15) is 22.4 Å². The number of benzene rings is 1. The van der Waals surface area contributed by atoms with Crippen LogP contribution in [-0.4, -0.2) is 50.1 Å². The molecule has 1 aliphatic rings. The van der Waals surface area contributed by atoms with Crippen molar-refractivity contribution in [1.82, 2.24) is 15.5 Å². The number of carbonyl (C=O) groups excluding carboxylic acids is 1. The molecule has 1 saturated heterocycles. The van der Waals surface area contributed by atoms with Crippen molar-refractivity contribution in [3.05, 3.63) is 35.1 Å². The zero-order valence-electron chi connectivity index (χ0n) is 11.8. The number of halogens is 4. The largest absolute Gasteiger partial charge is 0.416 e. The van der Waals surface area contributed by atoms with Gasteiger partial charge in [0.25, 0.3) is 5.91 Å². The van der Waals surface area contributed by atoms with Crippen molar-refractivity contribution < 1.29 is 22.4 Å². The third kappa shape index (κ3) is 4.67. The lowest BCUT2D eigenvalue weighted by molar-refractivity contribution is -0.137. The van der Waals surface area contributed by atoms with Crippen LogP contribution >= 0.6 is 0 Å². The van der Waals surface area contributed by atoms with Gasteiger partial charge < -0.3 is 10.6 Å². The summed E-state index contributed by atoms with van der Waals surface area (Å²) in [7, 11) is 0. The number of piperazine rings is 1. The number of nitrogens with zero attached hydrogens (tertiary/aromatic N) is 1. The smallest absolute Gasteiger partial charge is 0.351 e. The van der Waals surface area contributed by atoms with E-state index in [2.05, 4.69) is 15.5 Å². The molecule has 0 atom stereocenters. The third-order valence-electron chi connectivity index (χ3n) is 3.41. The van der Waals surface area contributed by atoms with E-state index in [1.165, 1.54) is 0 Å². The lowest BCUT2D eigenvalue weighted by Gasteiger charge is -2.27. The number of rotatable bonds is 4. The van der Waals surface area contributed by atoms with Crippen molar-refractivity contribution >= 4 is 5.91 Å². The Bertz CT molecular complexity index is 527. The highest BCUT2D eigenvalue weighted by molar-refractivity contribution is 5.94. The molecule has 1 aliphatic heterocycles. The Balaban J connectivity index is 1.93. The highest BCUT2D eigenvalue weighted by Gasteiger charge is 2.32. The fourth-order valence-corrected chi connectivity index (χ4v) is 2.25. The maximum Gasteiger partial charge on any atom is 0.416 e. The average Bonchev–Trinajstić information content (AvgIpc) is 2.46. The highest BCUT2D eigenvalue weighted by Crippen LogP contribution is 2.30. The van der Waals surface area contributed by atoms with Gasteiger partial charge in [0.05, 0.1) is 5.56 Å². The summed E-state index contributed by atoms with van der Waals surface area (Å²) in [6.45, 7) is 4.35. The molecular formula is C14H17F4N3O. The maximum atomic E-state index is 13.2. The molecule has 0 unspecified atom stereocenters. The van der Waals surface area contributed by atoms with E-state index in [-0.39, 0.29) is 5.56 Å². The van der Waals surface area contributed by atoms with Gasteiger partial charge in [-0.25, -0.2) is 4.39 Å². The van der Waals surface area contributed by atoms with Gasteiger partial charge >= 0.3 is 6.18 Å². The van der Waals surface area contributed by atoms with E-state index >= 15 is 0 Å². The minimum absolute atomic E-state index is 0.302. The van der Waals surface area contributed by atoms with Crippen molar-refractivity contribution in [2.24, 2.45) is 0 Å². The van der Waals surface area contributed by atoms with Gasteiger partial charge in [-0.3, -0.25) is 9.69 Å². The molecule has 122 valence electrons. The number of hydrogen-bond acceptors (Lipinski definition) is 3. The molecule has 0 aliphatic carbocycles. The van der Waals surface area contributed by atoms with Crippen molar-refractivity contribution in [2.75, 3.05) is 39.3 Å². The number of amides is 1. The van der Waals surface area contributed by atoms with E-state index in [0.717, 1.165) is 32.2 Å². The lowest BCUT2D eigenvalue weighted by Crippen LogP contribution is -2.46. The van der Waals surface area contributed by atoms with Gasteiger partial charge in [0.1, 0.15) is 5.82 Å². The standard InChI is InChI=1S/C14H17F4N3O/c15-12-8-10(7-11(9-12)14(16,17)18)13(22)20-3-6-21-4-1-19-2-5-21/h7-9,19H,1-6H2,(H,20,22). The lowest BCUT2D eigenvalue weighted by atomic mass is 10.1. The molecular weight excluding hydrogens is 302 g/mol. The minimum atomic E-state index is -4.68. The van der Waals surface area contributed by atoms with Crippen LogP contribution in [0.15, 0.2) is 18.2 Å². The predicted octanol–water partition coefficient (Wildman–Crippen LogP) is 1.48. The van der Waals surface area contributed by atoms with Crippen LogP contribution in [0.4, 0.5) is 17.6 Å². The van der Waals surface area contributed by atoms with Gasteiger partial charge in [-0.05, 0) is 18.2 Å².